The first-order valence-electron chi connectivity index (χ1n) is 6.32. The first-order valence-corrected chi connectivity index (χ1v) is 6.70. The molecule has 0 radical (unpaired) electrons. The quantitative estimate of drug-likeness (QED) is 0.828. The second-order valence-corrected chi connectivity index (χ2v) is 4.88. The van der Waals surface area contributed by atoms with Crippen LogP contribution in [0.5, 0.6) is 0 Å². The normalized spacial score (nSPS) is 10.1. The van der Waals surface area contributed by atoms with Gasteiger partial charge in [-0.2, -0.15) is 0 Å². The van der Waals surface area contributed by atoms with Crippen LogP contribution >= 0.6 is 11.6 Å². The lowest BCUT2D eigenvalue weighted by Gasteiger charge is -2.26. The average molecular weight is 296 g/mol. The molecule has 1 aromatic carbocycles. The largest absolute Gasteiger partial charge is 0.395 e. The molecule has 0 aliphatic rings. The Morgan fingerprint density at radius 3 is 2.60 bits per heavy atom. The smallest absolute Gasteiger partial charge is 0.254 e. The number of carbonyl (C=O) groups is 1. The molecular weight excluding hydrogens is 278 g/mol. The summed E-state index contributed by atoms with van der Waals surface area (Å²) in [6.07, 6.45) is 0. The van der Waals surface area contributed by atoms with Crippen LogP contribution < -0.4 is 0 Å². The lowest BCUT2D eigenvalue weighted by Crippen LogP contribution is -2.39. The van der Waals surface area contributed by atoms with E-state index in [2.05, 4.69) is 11.8 Å². The van der Waals surface area contributed by atoms with Gasteiger partial charge in [0.15, 0.2) is 0 Å². The highest BCUT2D eigenvalue weighted by atomic mass is 35.5. The zero-order valence-corrected chi connectivity index (χ0v) is 12.3. The number of hydrogen-bond donors (Lipinski definition) is 2. The number of hydrogen-bond acceptors (Lipinski definition) is 3. The van der Waals surface area contributed by atoms with Crippen molar-refractivity contribution in [1.82, 2.24) is 4.90 Å². The minimum atomic E-state index is -0.241. The number of aliphatic hydroxyl groups is 2. The predicted molar refractivity (Wildman–Crippen MR) is 78.7 cm³/mol. The van der Waals surface area contributed by atoms with Gasteiger partial charge in [-0.3, -0.25) is 4.79 Å². The first kappa shape index (κ1) is 16.5. The highest BCUT2D eigenvalue weighted by molar-refractivity contribution is 6.32. The van der Waals surface area contributed by atoms with Gasteiger partial charge in [-0.05, 0) is 32.0 Å². The van der Waals surface area contributed by atoms with Crippen LogP contribution in [0.3, 0.4) is 0 Å². The molecule has 0 saturated heterocycles. The maximum atomic E-state index is 12.3. The lowest BCUT2D eigenvalue weighted by molar-refractivity contribution is 0.0665. The molecule has 0 bridgehead atoms. The molecule has 108 valence electrons. The van der Waals surface area contributed by atoms with Gasteiger partial charge in [-0.1, -0.05) is 23.4 Å². The molecule has 1 amide bonds. The third kappa shape index (κ3) is 4.24. The number of carbonyl (C=O) groups excluding carboxylic acids is 1. The van der Waals surface area contributed by atoms with E-state index in [-0.39, 0.29) is 31.7 Å². The van der Waals surface area contributed by atoms with Crippen LogP contribution in [-0.4, -0.2) is 46.8 Å². The third-order valence-corrected chi connectivity index (χ3v) is 3.06. The number of amides is 1. The Balaban J connectivity index is 3.02. The second-order valence-electron chi connectivity index (χ2n) is 4.47. The van der Waals surface area contributed by atoms with Crippen molar-refractivity contribution < 1.29 is 15.0 Å². The molecule has 20 heavy (non-hydrogen) atoms. The summed E-state index contributed by atoms with van der Waals surface area (Å²) in [5.41, 5.74) is 1.02. The average Bonchev–Trinajstić information content (AvgIpc) is 2.42. The van der Waals surface area contributed by atoms with Crippen molar-refractivity contribution >= 4 is 17.5 Å². The highest BCUT2D eigenvalue weighted by Crippen LogP contribution is 2.19. The fourth-order valence-corrected chi connectivity index (χ4v) is 1.98. The molecule has 1 aromatic rings. The number of halogens is 1. The monoisotopic (exact) mass is 295 g/mol. The number of nitrogens with zero attached hydrogens (tertiary/aromatic N) is 1. The minimum absolute atomic E-state index is 0.0118. The summed E-state index contributed by atoms with van der Waals surface area (Å²) in [6, 6.07) is 4.83. The van der Waals surface area contributed by atoms with Gasteiger partial charge < -0.3 is 15.1 Å². The van der Waals surface area contributed by atoms with E-state index in [0.29, 0.717) is 16.1 Å². The Hall–Kier alpha value is -1.54. The van der Waals surface area contributed by atoms with Gasteiger partial charge in [0.1, 0.15) is 6.61 Å². The zero-order chi connectivity index (χ0) is 15.1. The molecule has 0 spiro atoms. The Morgan fingerprint density at radius 1 is 1.40 bits per heavy atom. The summed E-state index contributed by atoms with van der Waals surface area (Å²) in [4.78, 5) is 13.9. The van der Waals surface area contributed by atoms with E-state index in [9.17, 15) is 4.79 Å². The molecule has 0 atom stereocenters. The van der Waals surface area contributed by atoms with Crippen LogP contribution in [0.2, 0.25) is 5.02 Å². The molecule has 5 heteroatoms. The van der Waals surface area contributed by atoms with Crippen molar-refractivity contribution in [2.75, 3.05) is 19.8 Å². The van der Waals surface area contributed by atoms with E-state index in [1.165, 1.54) is 0 Å². The topological polar surface area (TPSA) is 60.8 Å². The zero-order valence-electron chi connectivity index (χ0n) is 11.6. The standard InChI is InChI=1S/C15H18ClNO3/c1-11(2)17(7-9-19)15(20)13-6-5-12(4-3-8-18)14(16)10-13/h5-6,10-11,18-19H,7-9H2,1-2H3. The summed E-state index contributed by atoms with van der Waals surface area (Å²) in [7, 11) is 0. The van der Waals surface area contributed by atoms with Crippen molar-refractivity contribution in [3.8, 4) is 11.8 Å². The van der Waals surface area contributed by atoms with Crippen molar-refractivity contribution in [3.63, 3.8) is 0 Å². The third-order valence-electron chi connectivity index (χ3n) is 2.74. The van der Waals surface area contributed by atoms with Gasteiger partial charge in [0, 0.05) is 23.7 Å². The Morgan fingerprint density at radius 2 is 2.10 bits per heavy atom. The van der Waals surface area contributed by atoms with Gasteiger partial charge >= 0.3 is 0 Å². The van der Waals surface area contributed by atoms with Crippen molar-refractivity contribution in [3.05, 3.63) is 34.3 Å². The van der Waals surface area contributed by atoms with Crippen LogP contribution in [0.25, 0.3) is 0 Å². The summed E-state index contributed by atoms with van der Waals surface area (Å²) in [5.74, 6) is 5.03. The second kappa shape index (κ2) is 7.91. The van der Waals surface area contributed by atoms with Gasteiger partial charge in [-0.25, -0.2) is 0 Å². The van der Waals surface area contributed by atoms with Gasteiger partial charge in [0.2, 0.25) is 0 Å². The number of benzene rings is 1. The Kier molecular flexibility index (Phi) is 6.53. The fourth-order valence-electron chi connectivity index (χ4n) is 1.75. The SMILES string of the molecule is CC(C)N(CCO)C(=O)c1ccc(C#CCO)c(Cl)c1. The lowest BCUT2D eigenvalue weighted by atomic mass is 10.1. The van der Waals surface area contributed by atoms with Crippen LogP contribution in [0.1, 0.15) is 29.8 Å². The Labute approximate surface area is 124 Å². The van der Waals surface area contributed by atoms with Crippen molar-refractivity contribution in [1.29, 1.82) is 0 Å². The molecule has 0 aliphatic heterocycles. The molecule has 0 aliphatic carbocycles. The van der Waals surface area contributed by atoms with Crippen LogP contribution in [-0.2, 0) is 0 Å². The van der Waals surface area contributed by atoms with E-state index >= 15 is 0 Å². The van der Waals surface area contributed by atoms with E-state index in [1.807, 2.05) is 13.8 Å². The number of aliphatic hydroxyl groups excluding tert-OH is 2. The molecule has 0 aromatic heterocycles. The molecule has 0 unspecified atom stereocenters. The highest BCUT2D eigenvalue weighted by Gasteiger charge is 2.18. The fraction of sp³-hybridized carbons (Fsp3) is 0.400. The van der Waals surface area contributed by atoms with Crippen LogP contribution in [0, 0.1) is 11.8 Å². The molecular formula is C15H18ClNO3. The van der Waals surface area contributed by atoms with Crippen LogP contribution in [0.4, 0.5) is 0 Å². The van der Waals surface area contributed by atoms with E-state index < -0.39 is 0 Å². The molecule has 0 fully saturated rings. The Bertz CT molecular complexity index is 532. The van der Waals surface area contributed by atoms with Gasteiger partial charge in [-0.15, -0.1) is 0 Å². The predicted octanol–water partition coefficient (Wildman–Crippen LogP) is 1.53. The molecule has 1 rings (SSSR count). The van der Waals surface area contributed by atoms with E-state index in [0.717, 1.165) is 0 Å². The van der Waals surface area contributed by atoms with Crippen molar-refractivity contribution in [2.45, 2.75) is 19.9 Å². The van der Waals surface area contributed by atoms with E-state index in [1.54, 1.807) is 23.1 Å². The minimum Gasteiger partial charge on any atom is -0.395 e. The summed E-state index contributed by atoms with van der Waals surface area (Å²) >= 11 is 6.07. The summed E-state index contributed by atoms with van der Waals surface area (Å²) in [6.45, 7) is 3.72. The number of rotatable bonds is 4. The maximum Gasteiger partial charge on any atom is 0.254 e. The molecule has 2 N–H and O–H groups in total. The maximum absolute atomic E-state index is 12.3. The van der Waals surface area contributed by atoms with Gasteiger partial charge in [0.25, 0.3) is 5.91 Å². The molecule has 4 nitrogen and oxygen atoms in total. The molecule has 0 heterocycles. The van der Waals surface area contributed by atoms with Crippen molar-refractivity contribution in [2.24, 2.45) is 0 Å². The summed E-state index contributed by atoms with van der Waals surface area (Å²) < 4.78 is 0. The molecule has 0 saturated carbocycles. The van der Waals surface area contributed by atoms with E-state index in [4.69, 9.17) is 21.8 Å². The first-order chi connectivity index (χ1) is 9.51. The van der Waals surface area contributed by atoms with Gasteiger partial charge in [0.05, 0.1) is 11.6 Å². The van der Waals surface area contributed by atoms with Crippen LogP contribution in [0.15, 0.2) is 18.2 Å². The summed E-state index contributed by atoms with van der Waals surface area (Å²) in [5, 5.41) is 18.0.